The predicted molar refractivity (Wildman–Crippen MR) is 43.8 cm³/mol. The van der Waals surface area contributed by atoms with Gasteiger partial charge in [0.2, 0.25) is 0 Å². The van der Waals surface area contributed by atoms with Crippen molar-refractivity contribution in [1.82, 2.24) is 19.6 Å². The summed E-state index contributed by atoms with van der Waals surface area (Å²) in [5.41, 5.74) is 0. The molecule has 0 N–H and O–H groups in total. The topological polar surface area (TPSA) is 13.0 Å². The second kappa shape index (κ2) is 3.86. The van der Waals surface area contributed by atoms with E-state index in [-0.39, 0.29) is 31.9 Å². The molecule has 0 unspecified atom stereocenters. The SMILES string of the molecule is C1N2CN3CN1CN(C2)C3.Cl.[Rh]. The molecule has 0 saturated carbocycles. The van der Waals surface area contributed by atoms with E-state index in [0.717, 1.165) is 0 Å². The van der Waals surface area contributed by atoms with Crippen LogP contribution in [0.2, 0.25) is 0 Å². The molecule has 0 aliphatic carbocycles. The molecule has 4 bridgehead atoms. The van der Waals surface area contributed by atoms with Gasteiger partial charge in [0.25, 0.3) is 0 Å². The molecule has 6 heteroatoms. The molecule has 0 aromatic rings. The summed E-state index contributed by atoms with van der Waals surface area (Å²) in [4.78, 5) is 9.88. The van der Waals surface area contributed by atoms with Crippen LogP contribution in [0.15, 0.2) is 0 Å². The molecule has 4 aliphatic heterocycles. The van der Waals surface area contributed by atoms with Crippen molar-refractivity contribution in [2.75, 3.05) is 40.0 Å². The monoisotopic (exact) mass is 279 g/mol. The van der Waals surface area contributed by atoms with Crippen molar-refractivity contribution in [3.8, 4) is 0 Å². The van der Waals surface area contributed by atoms with Gasteiger partial charge in [0, 0.05) is 19.5 Å². The Morgan fingerprint density at radius 3 is 0.833 bits per heavy atom. The Hall–Kier alpha value is 0.753. The van der Waals surface area contributed by atoms with Crippen molar-refractivity contribution in [1.29, 1.82) is 0 Å². The van der Waals surface area contributed by atoms with Gasteiger partial charge < -0.3 is 0 Å². The first-order valence-electron chi connectivity index (χ1n) is 3.79. The molecule has 0 spiro atoms. The van der Waals surface area contributed by atoms with E-state index >= 15 is 0 Å². The summed E-state index contributed by atoms with van der Waals surface area (Å²) in [7, 11) is 0. The van der Waals surface area contributed by atoms with Crippen LogP contribution in [0.1, 0.15) is 0 Å². The Balaban J connectivity index is 0.000000360. The normalized spacial score (nSPS) is 48.0. The molecule has 4 rings (SSSR count). The average molecular weight is 280 g/mol. The van der Waals surface area contributed by atoms with Crippen LogP contribution in [0.5, 0.6) is 0 Å². The predicted octanol–water partition coefficient (Wildman–Crippen LogP) is -0.601. The van der Waals surface area contributed by atoms with Gasteiger partial charge >= 0.3 is 0 Å². The second-order valence-electron chi connectivity index (χ2n) is 3.53. The Bertz CT molecular complexity index is 111. The van der Waals surface area contributed by atoms with Crippen molar-refractivity contribution >= 4 is 12.4 Å². The Labute approximate surface area is 91.6 Å². The van der Waals surface area contributed by atoms with Crippen LogP contribution in [0, 0.1) is 0 Å². The van der Waals surface area contributed by atoms with Gasteiger partial charge in [0.15, 0.2) is 0 Å². The van der Waals surface area contributed by atoms with Gasteiger partial charge in [-0.3, -0.25) is 19.6 Å². The van der Waals surface area contributed by atoms with Crippen molar-refractivity contribution in [2.45, 2.75) is 0 Å². The fourth-order valence-corrected chi connectivity index (χ4v) is 2.23. The third-order valence-corrected chi connectivity index (χ3v) is 2.40. The zero-order valence-electron chi connectivity index (χ0n) is 6.77. The molecule has 0 amide bonds. The van der Waals surface area contributed by atoms with Gasteiger partial charge in [0.1, 0.15) is 0 Å². The molecule has 4 saturated heterocycles. The summed E-state index contributed by atoms with van der Waals surface area (Å²) < 4.78 is 0. The van der Waals surface area contributed by atoms with Crippen LogP contribution >= 0.6 is 12.4 Å². The standard InChI is InChI=1S/C6H12N4.ClH.Rh/c1-7-2-9-4-8(1)5-10(3-7)6-9;;/h1-6H2;1H;. The van der Waals surface area contributed by atoms with Gasteiger partial charge in [-0.05, 0) is 0 Å². The molecule has 0 aromatic carbocycles. The molecule has 1 radical (unpaired) electrons. The van der Waals surface area contributed by atoms with Crippen molar-refractivity contribution < 1.29 is 19.5 Å². The average Bonchev–Trinajstić information content (AvgIpc) is 1.82. The molecular weight excluding hydrogens is 266 g/mol. The largest absolute Gasteiger partial charge is 0.264 e. The van der Waals surface area contributed by atoms with E-state index < -0.39 is 0 Å². The molecule has 0 atom stereocenters. The van der Waals surface area contributed by atoms with Crippen LogP contribution < -0.4 is 0 Å². The van der Waals surface area contributed by atoms with Crippen LogP contribution in [-0.4, -0.2) is 59.6 Å². The summed E-state index contributed by atoms with van der Waals surface area (Å²) in [6, 6.07) is 0. The fraction of sp³-hybridized carbons (Fsp3) is 1.00. The van der Waals surface area contributed by atoms with Crippen molar-refractivity contribution in [3.63, 3.8) is 0 Å². The minimum atomic E-state index is 0. The van der Waals surface area contributed by atoms with E-state index in [4.69, 9.17) is 0 Å². The number of hydrogen-bond acceptors (Lipinski definition) is 4. The Morgan fingerprint density at radius 2 is 0.667 bits per heavy atom. The van der Waals surface area contributed by atoms with Gasteiger partial charge in [0.05, 0.1) is 40.0 Å². The van der Waals surface area contributed by atoms with E-state index in [9.17, 15) is 0 Å². The van der Waals surface area contributed by atoms with E-state index in [2.05, 4.69) is 19.6 Å². The zero-order chi connectivity index (χ0) is 6.55. The number of hydrogen-bond donors (Lipinski definition) is 0. The van der Waals surface area contributed by atoms with Crippen LogP contribution in [-0.2, 0) is 19.5 Å². The maximum absolute atomic E-state index is 2.47. The Morgan fingerprint density at radius 1 is 0.500 bits per heavy atom. The van der Waals surface area contributed by atoms with Crippen LogP contribution in [0.4, 0.5) is 0 Å². The summed E-state index contributed by atoms with van der Waals surface area (Å²) in [6.45, 7) is 7.12. The maximum Gasteiger partial charge on any atom is 0.0555 e. The van der Waals surface area contributed by atoms with Crippen LogP contribution in [0.25, 0.3) is 0 Å². The molecule has 4 aliphatic rings. The van der Waals surface area contributed by atoms with Crippen molar-refractivity contribution in [2.24, 2.45) is 0 Å². The summed E-state index contributed by atoms with van der Waals surface area (Å²) in [6.07, 6.45) is 0. The molecular formula is C6H13ClN4Rh. The minimum absolute atomic E-state index is 0. The van der Waals surface area contributed by atoms with Crippen molar-refractivity contribution in [3.05, 3.63) is 0 Å². The molecule has 0 aromatic heterocycles. The number of halogens is 1. The number of rotatable bonds is 0. The van der Waals surface area contributed by atoms with E-state index in [1.54, 1.807) is 0 Å². The molecule has 4 nitrogen and oxygen atoms in total. The molecule has 4 heterocycles. The summed E-state index contributed by atoms with van der Waals surface area (Å²) in [5.74, 6) is 0. The van der Waals surface area contributed by atoms with E-state index in [1.165, 1.54) is 40.0 Å². The third-order valence-electron chi connectivity index (χ3n) is 2.40. The maximum atomic E-state index is 2.47. The third kappa shape index (κ3) is 1.67. The fourth-order valence-electron chi connectivity index (χ4n) is 2.23. The van der Waals surface area contributed by atoms with E-state index in [0.29, 0.717) is 0 Å². The zero-order valence-corrected chi connectivity index (χ0v) is 9.23. The van der Waals surface area contributed by atoms with Gasteiger partial charge in [-0.15, -0.1) is 12.4 Å². The first-order chi connectivity index (χ1) is 4.90. The first kappa shape index (κ1) is 10.8. The van der Waals surface area contributed by atoms with Gasteiger partial charge in [-0.1, -0.05) is 0 Å². The smallest absolute Gasteiger partial charge is 0.0555 e. The first-order valence-corrected chi connectivity index (χ1v) is 3.79. The molecule has 4 fully saturated rings. The quantitative estimate of drug-likeness (QED) is 0.549. The summed E-state index contributed by atoms with van der Waals surface area (Å²) in [5, 5.41) is 0. The second-order valence-corrected chi connectivity index (χ2v) is 3.53. The Kier molecular flexibility index (Phi) is 3.49. The minimum Gasteiger partial charge on any atom is -0.264 e. The molecule has 12 heavy (non-hydrogen) atoms. The van der Waals surface area contributed by atoms with E-state index in [1.807, 2.05) is 0 Å². The molecule has 73 valence electrons. The number of nitrogens with zero attached hydrogens (tertiary/aromatic N) is 4. The summed E-state index contributed by atoms with van der Waals surface area (Å²) >= 11 is 0. The van der Waals surface area contributed by atoms with Gasteiger partial charge in [-0.25, -0.2) is 0 Å². The van der Waals surface area contributed by atoms with Crippen LogP contribution in [0.3, 0.4) is 0 Å². The van der Waals surface area contributed by atoms with Gasteiger partial charge in [-0.2, -0.15) is 0 Å².